The first-order chi connectivity index (χ1) is 7.18. The van der Waals surface area contributed by atoms with Crippen LogP contribution in [0.15, 0.2) is 34.8 Å². The number of halogens is 1. The number of nitrogens with zero attached hydrogens (tertiary/aromatic N) is 2. The lowest BCUT2D eigenvalue weighted by Gasteiger charge is -2.04. The molecule has 76 valence electrons. The predicted octanol–water partition coefficient (Wildman–Crippen LogP) is 2.07. The Bertz CT molecular complexity index is 499. The molecule has 2 aromatic rings. The van der Waals surface area contributed by atoms with Crippen molar-refractivity contribution < 1.29 is 0 Å². The Morgan fingerprint density at radius 3 is 2.47 bits per heavy atom. The Morgan fingerprint density at radius 2 is 1.80 bits per heavy atom. The van der Waals surface area contributed by atoms with Crippen molar-refractivity contribution in [2.75, 3.05) is 11.5 Å². The number of hydrogen-bond acceptors (Lipinski definition) is 4. The van der Waals surface area contributed by atoms with Gasteiger partial charge >= 0.3 is 0 Å². The summed E-state index contributed by atoms with van der Waals surface area (Å²) in [6.45, 7) is 0. The summed E-state index contributed by atoms with van der Waals surface area (Å²) >= 11 is 3.44. The second kappa shape index (κ2) is 3.86. The molecule has 0 spiro atoms. The van der Waals surface area contributed by atoms with Crippen LogP contribution in [0.4, 0.5) is 11.5 Å². The minimum atomic E-state index is 0.255. The van der Waals surface area contributed by atoms with E-state index in [9.17, 15) is 0 Å². The fourth-order valence-electron chi connectivity index (χ4n) is 1.22. The maximum absolute atomic E-state index is 5.67. The summed E-state index contributed by atoms with van der Waals surface area (Å²) in [6.07, 6.45) is 0. The molecule has 5 heteroatoms. The first-order valence-corrected chi connectivity index (χ1v) is 5.11. The van der Waals surface area contributed by atoms with Gasteiger partial charge in [0.25, 0.3) is 0 Å². The van der Waals surface area contributed by atoms with Gasteiger partial charge in [0, 0.05) is 10.0 Å². The standard InChI is InChI=1S/C10H9BrN4/c11-7-4-2-1-3-6(7)9-5-8(12)10(13)15-14-9/h1-5H,(H2,12,14)(H2,13,15). The lowest BCUT2D eigenvalue weighted by atomic mass is 10.1. The zero-order chi connectivity index (χ0) is 10.8. The van der Waals surface area contributed by atoms with Crippen molar-refractivity contribution in [2.24, 2.45) is 0 Å². The van der Waals surface area contributed by atoms with Crippen molar-refractivity contribution in [1.82, 2.24) is 10.2 Å². The molecule has 0 saturated heterocycles. The van der Waals surface area contributed by atoms with Crippen molar-refractivity contribution in [3.8, 4) is 11.3 Å². The molecule has 0 radical (unpaired) electrons. The number of benzene rings is 1. The molecule has 2 rings (SSSR count). The van der Waals surface area contributed by atoms with Crippen LogP contribution in [-0.2, 0) is 0 Å². The molecule has 1 heterocycles. The third-order valence-electron chi connectivity index (χ3n) is 2.00. The quantitative estimate of drug-likeness (QED) is 0.827. The second-order valence-electron chi connectivity index (χ2n) is 3.05. The van der Waals surface area contributed by atoms with Gasteiger partial charge in [-0.15, -0.1) is 10.2 Å². The normalized spacial score (nSPS) is 10.2. The third kappa shape index (κ3) is 1.92. The van der Waals surface area contributed by atoms with Crippen LogP contribution >= 0.6 is 15.9 Å². The van der Waals surface area contributed by atoms with E-state index in [1.54, 1.807) is 6.07 Å². The number of nitrogen functional groups attached to an aromatic ring is 2. The van der Waals surface area contributed by atoms with E-state index in [2.05, 4.69) is 26.1 Å². The molecule has 0 atom stereocenters. The summed E-state index contributed by atoms with van der Waals surface area (Å²) < 4.78 is 0.948. The van der Waals surface area contributed by atoms with Crippen molar-refractivity contribution >= 4 is 27.4 Å². The van der Waals surface area contributed by atoms with E-state index < -0.39 is 0 Å². The number of aromatic nitrogens is 2. The van der Waals surface area contributed by atoms with Crippen LogP contribution in [0.3, 0.4) is 0 Å². The molecule has 0 amide bonds. The van der Waals surface area contributed by atoms with E-state index in [1.165, 1.54) is 0 Å². The molecule has 0 bridgehead atoms. The van der Waals surface area contributed by atoms with E-state index in [-0.39, 0.29) is 5.82 Å². The number of hydrogen-bond donors (Lipinski definition) is 2. The minimum Gasteiger partial charge on any atom is -0.396 e. The second-order valence-corrected chi connectivity index (χ2v) is 3.90. The molecule has 0 fully saturated rings. The predicted molar refractivity (Wildman–Crippen MR) is 64.0 cm³/mol. The highest BCUT2D eigenvalue weighted by Gasteiger charge is 2.06. The first kappa shape index (κ1) is 9.92. The lowest BCUT2D eigenvalue weighted by Crippen LogP contribution is -2.00. The molecular weight excluding hydrogens is 256 g/mol. The van der Waals surface area contributed by atoms with Gasteiger partial charge < -0.3 is 11.5 Å². The smallest absolute Gasteiger partial charge is 0.169 e. The van der Waals surface area contributed by atoms with Gasteiger partial charge in [0.05, 0.1) is 11.4 Å². The summed E-state index contributed by atoms with van der Waals surface area (Å²) in [6, 6.07) is 9.44. The average Bonchev–Trinajstić information content (AvgIpc) is 2.23. The summed E-state index contributed by atoms with van der Waals surface area (Å²) in [4.78, 5) is 0. The van der Waals surface area contributed by atoms with E-state index in [1.807, 2.05) is 24.3 Å². The molecule has 15 heavy (non-hydrogen) atoms. The molecule has 0 aliphatic rings. The third-order valence-corrected chi connectivity index (χ3v) is 2.69. The Morgan fingerprint density at radius 1 is 1.07 bits per heavy atom. The van der Waals surface area contributed by atoms with Crippen LogP contribution < -0.4 is 11.5 Å². The van der Waals surface area contributed by atoms with Crippen LogP contribution in [0.5, 0.6) is 0 Å². The van der Waals surface area contributed by atoms with Crippen LogP contribution in [0.2, 0.25) is 0 Å². The topological polar surface area (TPSA) is 77.8 Å². The molecule has 0 unspecified atom stereocenters. The highest BCUT2D eigenvalue weighted by Crippen LogP contribution is 2.27. The summed E-state index contributed by atoms with van der Waals surface area (Å²) in [5.74, 6) is 0.255. The maximum atomic E-state index is 5.67. The zero-order valence-electron chi connectivity index (χ0n) is 7.81. The van der Waals surface area contributed by atoms with Crippen LogP contribution in [0.1, 0.15) is 0 Å². The minimum absolute atomic E-state index is 0.255. The molecule has 1 aromatic carbocycles. The molecular formula is C10H9BrN4. The SMILES string of the molecule is Nc1cc(-c2ccccc2Br)nnc1N. The Kier molecular flexibility index (Phi) is 2.55. The van der Waals surface area contributed by atoms with E-state index in [0.29, 0.717) is 11.4 Å². The molecule has 0 aliphatic carbocycles. The largest absolute Gasteiger partial charge is 0.396 e. The molecule has 0 saturated carbocycles. The van der Waals surface area contributed by atoms with Crippen molar-refractivity contribution in [1.29, 1.82) is 0 Å². The highest BCUT2D eigenvalue weighted by molar-refractivity contribution is 9.10. The van der Waals surface area contributed by atoms with Gasteiger partial charge in [-0.1, -0.05) is 34.1 Å². The van der Waals surface area contributed by atoms with Crippen molar-refractivity contribution in [3.05, 3.63) is 34.8 Å². The Hall–Kier alpha value is -1.62. The summed E-state index contributed by atoms with van der Waals surface area (Å²) in [5, 5.41) is 7.76. The first-order valence-electron chi connectivity index (χ1n) is 4.32. The van der Waals surface area contributed by atoms with Crippen LogP contribution in [0.25, 0.3) is 11.3 Å². The lowest BCUT2D eigenvalue weighted by molar-refractivity contribution is 1.05. The van der Waals surface area contributed by atoms with Gasteiger partial charge in [0.15, 0.2) is 5.82 Å². The number of rotatable bonds is 1. The van der Waals surface area contributed by atoms with E-state index >= 15 is 0 Å². The Labute approximate surface area is 95.4 Å². The van der Waals surface area contributed by atoms with Gasteiger partial charge in [-0.05, 0) is 12.1 Å². The van der Waals surface area contributed by atoms with Crippen molar-refractivity contribution in [2.45, 2.75) is 0 Å². The monoisotopic (exact) mass is 264 g/mol. The van der Waals surface area contributed by atoms with Crippen LogP contribution in [0, 0.1) is 0 Å². The molecule has 1 aromatic heterocycles. The highest BCUT2D eigenvalue weighted by atomic mass is 79.9. The zero-order valence-corrected chi connectivity index (χ0v) is 9.40. The molecule has 0 aliphatic heterocycles. The number of nitrogens with two attached hydrogens (primary N) is 2. The van der Waals surface area contributed by atoms with Gasteiger partial charge in [-0.3, -0.25) is 0 Å². The van der Waals surface area contributed by atoms with Crippen molar-refractivity contribution in [3.63, 3.8) is 0 Å². The molecule has 4 N–H and O–H groups in total. The molecule has 4 nitrogen and oxygen atoms in total. The van der Waals surface area contributed by atoms with Gasteiger partial charge in [0.1, 0.15) is 0 Å². The van der Waals surface area contributed by atoms with Crippen LogP contribution in [-0.4, -0.2) is 10.2 Å². The van der Waals surface area contributed by atoms with Gasteiger partial charge in [0.2, 0.25) is 0 Å². The fourth-order valence-corrected chi connectivity index (χ4v) is 1.70. The Balaban J connectivity index is 2.55. The summed E-state index contributed by atoms with van der Waals surface area (Å²) in [7, 11) is 0. The summed E-state index contributed by atoms with van der Waals surface area (Å²) in [5.41, 5.74) is 13.2. The maximum Gasteiger partial charge on any atom is 0.169 e. The van der Waals surface area contributed by atoms with E-state index in [4.69, 9.17) is 11.5 Å². The van der Waals surface area contributed by atoms with Gasteiger partial charge in [-0.2, -0.15) is 0 Å². The fraction of sp³-hybridized carbons (Fsp3) is 0. The average molecular weight is 265 g/mol. The van der Waals surface area contributed by atoms with E-state index in [0.717, 1.165) is 10.0 Å². The van der Waals surface area contributed by atoms with Gasteiger partial charge in [-0.25, -0.2) is 0 Å². The number of anilines is 2.